The molecule has 0 aromatic heterocycles. The standard InChI is InChI=1S/C17H28N2O2.ClH/c1-12(2)17(5,11-18)19-16(20)8-9-21-15-7-6-13(3)10-14(15)4;/h6-7,10,12H,8-9,11,18H2,1-5H3,(H,19,20);1H. The first-order chi connectivity index (χ1) is 9.78. The van der Waals surface area contributed by atoms with Gasteiger partial charge in [-0.15, -0.1) is 12.4 Å². The molecule has 0 aliphatic carbocycles. The summed E-state index contributed by atoms with van der Waals surface area (Å²) in [6.07, 6.45) is 0.329. The van der Waals surface area contributed by atoms with Crippen molar-refractivity contribution in [2.45, 2.75) is 46.6 Å². The first kappa shape index (κ1) is 20.7. The Bertz CT molecular complexity index is 492. The number of halogens is 1. The van der Waals surface area contributed by atoms with E-state index in [1.807, 2.05) is 32.9 Å². The molecule has 1 unspecified atom stereocenters. The minimum absolute atomic E-state index is 0. The molecule has 126 valence electrons. The van der Waals surface area contributed by atoms with E-state index in [2.05, 4.69) is 25.2 Å². The molecular weight excluding hydrogens is 300 g/mol. The Morgan fingerprint density at radius 1 is 1.36 bits per heavy atom. The van der Waals surface area contributed by atoms with E-state index < -0.39 is 0 Å². The van der Waals surface area contributed by atoms with Gasteiger partial charge in [0, 0.05) is 6.54 Å². The van der Waals surface area contributed by atoms with Crippen molar-refractivity contribution in [2.75, 3.05) is 13.2 Å². The van der Waals surface area contributed by atoms with Crippen LogP contribution in [0.4, 0.5) is 0 Å². The van der Waals surface area contributed by atoms with Crippen LogP contribution in [0.3, 0.4) is 0 Å². The molecule has 3 N–H and O–H groups in total. The zero-order valence-corrected chi connectivity index (χ0v) is 15.0. The summed E-state index contributed by atoms with van der Waals surface area (Å²) in [6.45, 7) is 10.9. The Hall–Kier alpha value is -1.26. The van der Waals surface area contributed by atoms with Gasteiger partial charge in [0.1, 0.15) is 5.75 Å². The zero-order valence-electron chi connectivity index (χ0n) is 14.2. The minimum atomic E-state index is -0.364. The molecule has 0 aliphatic rings. The highest BCUT2D eigenvalue weighted by molar-refractivity contribution is 5.85. The summed E-state index contributed by atoms with van der Waals surface area (Å²) in [7, 11) is 0. The fourth-order valence-electron chi connectivity index (χ4n) is 2.03. The normalized spacial score (nSPS) is 13.2. The number of benzene rings is 1. The summed E-state index contributed by atoms with van der Waals surface area (Å²) in [4.78, 5) is 12.0. The quantitative estimate of drug-likeness (QED) is 0.808. The van der Waals surface area contributed by atoms with Gasteiger partial charge in [-0.3, -0.25) is 4.79 Å². The van der Waals surface area contributed by atoms with Gasteiger partial charge in [0.15, 0.2) is 0 Å². The summed E-state index contributed by atoms with van der Waals surface area (Å²) in [5, 5.41) is 3.01. The summed E-state index contributed by atoms with van der Waals surface area (Å²) in [5.74, 6) is 1.09. The SMILES string of the molecule is Cc1ccc(OCCC(=O)NC(C)(CN)C(C)C)c(C)c1.Cl. The number of carbonyl (C=O) groups excluding carboxylic acids is 1. The summed E-state index contributed by atoms with van der Waals surface area (Å²) in [5.41, 5.74) is 7.69. The highest BCUT2D eigenvalue weighted by Gasteiger charge is 2.28. The van der Waals surface area contributed by atoms with Gasteiger partial charge < -0.3 is 15.8 Å². The van der Waals surface area contributed by atoms with Crippen LogP contribution in [0.1, 0.15) is 38.3 Å². The monoisotopic (exact) mass is 328 g/mol. The first-order valence-electron chi connectivity index (χ1n) is 7.49. The fraction of sp³-hybridized carbons (Fsp3) is 0.588. The lowest BCUT2D eigenvalue weighted by molar-refractivity contribution is -0.123. The van der Waals surface area contributed by atoms with Gasteiger partial charge in [-0.2, -0.15) is 0 Å². The molecule has 0 saturated carbocycles. The molecule has 5 heteroatoms. The number of hydrogen-bond donors (Lipinski definition) is 2. The van der Waals surface area contributed by atoms with Gasteiger partial charge >= 0.3 is 0 Å². The maximum atomic E-state index is 12.0. The second-order valence-corrected chi connectivity index (χ2v) is 6.19. The van der Waals surface area contributed by atoms with Gasteiger partial charge in [0.05, 0.1) is 18.6 Å². The van der Waals surface area contributed by atoms with Gasteiger partial charge in [-0.05, 0) is 38.3 Å². The van der Waals surface area contributed by atoms with Crippen LogP contribution in [0.15, 0.2) is 18.2 Å². The third-order valence-electron chi connectivity index (χ3n) is 4.04. The predicted molar refractivity (Wildman–Crippen MR) is 93.7 cm³/mol. The summed E-state index contributed by atoms with van der Waals surface area (Å²) < 4.78 is 5.68. The smallest absolute Gasteiger partial charge is 0.223 e. The number of rotatable bonds is 7. The molecule has 1 rings (SSSR count). The van der Waals surface area contributed by atoms with Crippen molar-refractivity contribution in [1.29, 1.82) is 0 Å². The van der Waals surface area contributed by atoms with Crippen LogP contribution < -0.4 is 15.8 Å². The Balaban J connectivity index is 0.00000441. The van der Waals surface area contributed by atoms with Crippen molar-refractivity contribution in [2.24, 2.45) is 11.7 Å². The summed E-state index contributed by atoms with van der Waals surface area (Å²) >= 11 is 0. The number of ether oxygens (including phenoxy) is 1. The van der Waals surface area contributed by atoms with Crippen LogP contribution in [-0.4, -0.2) is 24.6 Å². The molecule has 1 aromatic rings. The summed E-state index contributed by atoms with van der Waals surface area (Å²) in [6, 6.07) is 6.02. The van der Waals surface area contributed by atoms with Crippen molar-refractivity contribution in [1.82, 2.24) is 5.32 Å². The minimum Gasteiger partial charge on any atom is -0.493 e. The molecule has 0 heterocycles. The predicted octanol–water partition coefficient (Wildman–Crippen LogP) is 2.98. The Morgan fingerprint density at radius 3 is 2.50 bits per heavy atom. The van der Waals surface area contributed by atoms with E-state index in [0.29, 0.717) is 19.6 Å². The van der Waals surface area contributed by atoms with E-state index in [0.717, 1.165) is 11.3 Å². The number of aryl methyl sites for hydroxylation is 2. The average molecular weight is 329 g/mol. The Kier molecular flexibility index (Phi) is 8.49. The fourth-order valence-corrected chi connectivity index (χ4v) is 2.03. The molecule has 0 spiro atoms. The van der Waals surface area contributed by atoms with E-state index in [4.69, 9.17) is 10.5 Å². The third kappa shape index (κ3) is 5.85. The zero-order chi connectivity index (χ0) is 16.0. The number of carbonyl (C=O) groups is 1. The maximum absolute atomic E-state index is 12.0. The lowest BCUT2D eigenvalue weighted by Gasteiger charge is -2.33. The van der Waals surface area contributed by atoms with Crippen LogP contribution in [0.5, 0.6) is 5.75 Å². The largest absolute Gasteiger partial charge is 0.493 e. The molecule has 22 heavy (non-hydrogen) atoms. The molecule has 0 fully saturated rings. The second-order valence-electron chi connectivity index (χ2n) is 6.19. The van der Waals surface area contributed by atoms with Gasteiger partial charge in [-0.25, -0.2) is 0 Å². The van der Waals surface area contributed by atoms with Crippen LogP contribution in [0.25, 0.3) is 0 Å². The molecule has 0 bridgehead atoms. The average Bonchev–Trinajstić information content (AvgIpc) is 2.40. The lowest BCUT2D eigenvalue weighted by Crippen LogP contribution is -2.55. The molecule has 0 radical (unpaired) electrons. The van der Waals surface area contributed by atoms with Crippen molar-refractivity contribution in [3.63, 3.8) is 0 Å². The van der Waals surface area contributed by atoms with E-state index in [9.17, 15) is 4.79 Å². The Labute approximate surface area is 140 Å². The third-order valence-corrected chi connectivity index (χ3v) is 4.04. The molecule has 0 saturated heterocycles. The highest BCUT2D eigenvalue weighted by atomic mass is 35.5. The number of nitrogens with two attached hydrogens (primary N) is 1. The van der Waals surface area contributed by atoms with Crippen molar-refractivity contribution in [3.05, 3.63) is 29.3 Å². The topological polar surface area (TPSA) is 64.3 Å². The molecule has 1 atom stereocenters. The van der Waals surface area contributed by atoms with Crippen molar-refractivity contribution < 1.29 is 9.53 Å². The Morgan fingerprint density at radius 2 is 2.00 bits per heavy atom. The molecular formula is C17H29ClN2O2. The van der Waals surface area contributed by atoms with Crippen LogP contribution >= 0.6 is 12.4 Å². The van der Waals surface area contributed by atoms with E-state index in [1.54, 1.807) is 0 Å². The first-order valence-corrected chi connectivity index (χ1v) is 7.49. The number of nitrogens with one attached hydrogen (secondary N) is 1. The second kappa shape index (κ2) is 9.01. The van der Waals surface area contributed by atoms with Gasteiger partial charge in [-0.1, -0.05) is 31.5 Å². The molecule has 4 nitrogen and oxygen atoms in total. The van der Waals surface area contributed by atoms with Gasteiger partial charge in [0.25, 0.3) is 0 Å². The van der Waals surface area contributed by atoms with Crippen molar-refractivity contribution >= 4 is 18.3 Å². The van der Waals surface area contributed by atoms with Gasteiger partial charge in [0.2, 0.25) is 5.91 Å². The maximum Gasteiger partial charge on any atom is 0.223 e. The van der Waals surface area contributed by atoms with Crippen LogP contribution in [0, 0.1) is 19.8 Å². The number of hydrogen-bond acceptors (Lipinski definition) is 3. The van der Waals surface area contributed by atoms with E-state index >= 15 is 0 Å². The van der Waals surface area contributed by atoms with Crippen LogP contribution in [-0.2, 0) is 4.79 Å². The van der Waals surface area contributed by atoms with E-state index in [1.165, 1.54) is 5.56 Å². The highest BCUT2D eigenvalue weighted by Crippen LogP contribution is 2.19. The number of amides is 1. The van der Waals surface area contributed by atoms with Crippen LogP contribution in [0.2, 0.25) is 0 Å². The van der Waals surface area contributed by atoms with E-state index in [-0.39, 0.29) is 29.8 Å². The molecule has 1 aromatic carbocycles. The molecule has 0 aliphatic heterocycles. The van der Waals surface area contributed by atoms with Crippen molar-refractivity contribution in [3.8, 4) is 5.75 Å². The lowest BCUT2D eigenvalue weighted by atomic mass is 9.88. The molecule has 1 amide bonds.